The maximum absolute atomic E-state index is 8.43. The topological polar surface area (TPSA) is 17.0 Å². The Kier molecular flexibility index (Phi) is 3.14. The van der Waals surface area contributed by atoms with Crippen LogP contribution in [0.1, 0.15) is 86.3 Å². The average Bonchev–Trinajstić information content (AvgIpc) is 3.25. The quantitative estimate of drug-likeness (QED) is 0.217. The summed E-state index contributed by atoms with van der Waals surface area (Å²) in [6.45, 7) is 3.06. The summed E-state index contributed by atoms with van der Waals surface area (Å²) in [6.07, 6.45) is 3.44. The van der Waals surface area contributed by atoms with Crippen molar-refractivity contribution in [3.8, 4) is 11.3 Å². The minimum atomic E-state index is -2.69. The van der Waals surface area contributed by atoms with Crippen molar-refractivity contribution in [3.05, 3.63) is 76.0 Å². The summed E-state index contributed by atoms with van der Waals surface area (Å²) in [5.41, 5.74) is 4.52. The summed E-state index contributed by atoms with van der Waals surface area (Å²) in [4.78, 5) is 0. The first kappa shape index (κ1) is 15.2. The fourth-order valence-corrected chi connectivity index (χ4v) is 6.29. The molecule has 1 aliphatic rings. The lowest BCUT2D eigenvalue weighted by Gasteiger charge is -2.42. The van der Waals surface area contributed by atoms with Crippen LogP contribution in [0.25, 0.3) is 44.0 Å². The lowest BCUT2D eigenvalue weighted by atomic mass is 9.62. The molecule has 0 aliphatic heterocycles. The van der Waals surface area contributed by atoms with E-state index in [2.05, 4.69) is 39.8 Å². The van der Waals surface area contributed by atoms with Crippen LogP contribution < -0.4 is 4.57 Å². The van der Waals surface area contributed by atoms with Crippen LogP contribution in [0.5, 0.6) is 0 Å². The van der Waals surface area contributed by atoms with Gasteiger partial charge in [0.15, 0.2) is 6.20 Å². The Morgan fingerprint density at radius 1 is 0.833 bits per heavy atom. The predicted octanol–water partition coefficient (Wildman–Crippen LogP) is 8.81. The molecule has 0 fully saturated rings. The fourth-order valence-electron chi connectivity index (χ4n) is 6.29. The fraction of sp³-hybridized carbons (Fsp3) is 0.382. The molecule has 0 atom stereocenters. The minimum Gasteiger partial charge on any atom is -0.455 e. The van der Waals surface area contributed by atoms with E-state index in [0.717, 1.165) is 23.6 Å². The standard InChI is InChI=1S/C34H38NO/c1-19-15-27(35(9)18-22(19)4)30-21(3)14-20(2)29-25-16-23-10-11-26-31(24(23)17-28(25)36-32(29)30)34(7,8)13-12-33(26,5)6/h10-11,14-18H,12-13H2,1-9H3/q+1/i1D3,2D3,4D3. The van der Waals surface area contributed by atoms with Gasteiger partial charge in [-0.1, -0.05) is 45.9 Å². The average molecular weight is 486 g/mol. The number of aromatic nitrogens is 1. The van der Waals surface area contributed by atoms with Gasteiger partial charge < -0.3 is 4.42 Å². The zero-order valence-corrected chi connectivity index (χ0v) is 21.8. The Labute approximate surface area is 227 Å². The number of hydrogen-bond donors (Lipinski definition) is 0. The molecule has 1 aliphatic carbocycles. The summed E-state index contributed by atoms with van der Waals surface area (Å²) in [7, 11) is 1.66. The van der Waals surface area contributed by atoms with E-state index in [4.69, 9.17) is 16.8 Å². The first-order chi connectivity index (χ1) is 20.5. The highest BCUT2D eigenvalue weighted by molar-refractivity contribution is 6.15. The van der Waals surface area contributed by atoms with Gasteiger partial charge in [-0.3, -0.25) is 0 Å². The molecule has 0 saturated heterocycles. The molecular formula is C34H38NO+. The Morgan fingerprint density at radius 3 is 2.33 bits per heavy atom. The number of benzene rings is 3. The number of rotatable bonds is 1. The normalized spacial score (nSPS) is 21.4. The van der Waals surface area contributed by atoms with Gasteiger partial charge in [0.05, 0.1) is 5.56 Å². The number of aryl methyl sites for hydroxylation is 5. The molecule has 0 unspecified atom stereocenters. The largest absolute Gasteiger partial charge is 0.455 e. The smallest absolute Gasteiger partial charge is 0.216 e. The molecule has 0 N–H and O–H groups in total. The van der Waals surface area contributed by atoms with Gasteiger partial charge in [-0.05, 0) is 102 Å². The van der Waals surface area contributed by atoms with Crippen molar-refractivity contribution in [2.75, 3.05) is 0 Å². The van der Waals surface area contributed by atoms with Crippen molar-refractivity contribution < 1.29 is 21.3 Å². The molecule has 184 valence electrons. The molecular weight excluding hydrogens is 438 g/mol. The molecule has 36 heavy (non-hydrogen) atoms. The number of fused-ring (bicyclic) bond motifs is 6. The molecule has 2 heterocycles. The Hall–Kier alpha value is -3.13. The number of furan rings is 1. The SMILES string of the molecule is [2H]C([2H])([2H])c1cc(-c2c(C)cc(C([2H])([2H])[2H])c3c2oc2cc4c5c(ccc4cc23)C(C)(C)CCC5(C)C)[n+](C)cc1C([2H])([2H])[2H]. The minimum absolute atomic E-state index is 0.0106. The number of pyridine rings is 1. The molecule has 2 heteroatoms. The molecule has 3 aromatic carbocycles. The van der Waals surface area contributed by atoms with E-state index < -0.39 is 20.6 Å². The van der Waals surface area contributed by atoms with E-state index in [-0.39, 0.29) is 27.5 Å². The number of nitrogens with zero attached hydrogens (tertiary/aromatic N) is 1. The van der Waals surface area contributed by atoms with Gasteiger partial charge in [0.25, 0.3) is 0 Å². The molecule has 2 aromatic heterocycles. The van der Waals surface area contributed by atoms with Gasteiger partial charge in [-0.15, -0.1) is 0 Å². The number of hydrogen-bond acceptors (Lipinski definition) is 1. The first-order valence-electron chi connectivity index (χ1n) is 17.1. The highest BCUT2D eigenvalue weighted by Gasteiger charge is 2.38. The van der Waals surface area contributed by atoms with Gasteiger partial charge in [0, 0.05) is 34.7 Å². The second kappa shape index (κ2) is 7.44. The first-order valence-corrected chi connectivity index (χ1v) is 12.6. The molecule has 0 radical (unpaired) electrons. The van der Waals surface area contributed by atoms with Crippen molar-refractivity contribution in [1.29, 1.82) is 0 Å². The van der Waals surface area contributed by atoms with E-state index >= 15 is 0 Å². The van der Waals surface area contributed by atoms with Crippen LogP contribution in [-0.2, 0) is 17.9 Å². The molecule has 0 bridgehead atoms. The summed E-state index contributed by atoms with van der Waals surface area (Å²) in [5, 5.41) is 3.17. The van der Waals surface area contributed by atoms with Crippen LogP contribution in [-0.4, -0.2) is 0 Å². The molecule has 2 nitrogen and oxygen atoms in total. The second-order valence-corrected chi connectivity index (χ2v) is 11.8. The second-order valence-electron chi connectivity index (χ2n) is 11.8. The Morgan fingerprint density at radius 2 is 1.58 bits per heavy atom. The third kappa shape index (κ3) is 3.19. The predicted molar refractivity (Wildman–Crippen MR) is 152 cm³/mol. The van der Waals surface area contributed by atoms with E-state index in [9.17, 15) is 0 Å². The molecule has 0 amide bonds. The van der Waals surface area contributed by atoms with Crippen molar-refractivity contribution in [2.24, 2.45) is 7.05 Å². The van der Waals surface area contributed by atoms with Gasteiger partial charge in [-0.25, -0.2) is 4.57 Å². The summed E-state index contributed by atoms with van der Waals surface area (Å²) in [5.74, 6) is 0. The van der Waals surface area contributed by atoms with Crippen molar-refractivity contribution in [1.82, 2.24) is 0 Å². The van der Waals surface area contributed by atoms with Crippen LogP contribution in [0.3, 0.4) is 0 Å². The maximum Gasteiger partial charge on any atom is 0.216 e. The van der Waals surface area contributed by atoms with Crippen molar-refractivity contribution in [2.45, 2.75) is 78.8 Å². The van der Waals surface area contributed by atoms with Crippen molar-refractivity contribution in [3.63, 3.8) is 0 Å². The van der Waals surface area contributed by atoms with Gasteiger partial charge >= 0.3 is 0 Å². The summed E-state index contributed by atoms with van der Waals surface area (Å²) >= 11 is 0. The molecule has 0 spiro atoms. The summed E-state index contributed by atoms with van der Waals surface area (Å²) < 4.78 is 81.9. The van der Waals surface area contributed by atoms with Crippen LogP contribution >= 0.6 is 0 Å². The van der Waals surface area contributed by atoms with Crippen LogP contribution in [0.15, 0.2) is 47.0 Å². The van der Waals surface area contributed by atoms with Crippen LogP contribution in [0, 0.1) is 27.5 Å². The van der Waals surface area contributed by atoms with Gasteiger partial charge in [0.1, 0.15) is 18.2 Å². The molecule has 5 aromatic rings. The van der Waals surface area contributed by atoms with E-state index in [1.165, 1.54) is 23.4 Å². The maximum atomic E-state index is 8.43. The zero-order valence-electron chi connectivity index (χ0n) is 30.8. The monoisotopic (exact) mass is 485 g/mol. The zero-order chi connectivity index (χ0) is 33.2. The van der Waals surface area contributed by atoms with Gasteiger partial charge in [-0.2, -0.15) is 0 Å². The lowest BCUT2D eigenvalue weighted by Crippen LogP contribution is -2.34. The van der Waals surface area contributed by atoms with E-state index in [1.807, 2.05) is 12.1 Å². The van der Waals surface area contributed by atoms with Crippen molar-refractivity contribution >= 4 is 32.7 Å². The molecule has 6 rings (SSSR count). The van der Waals surface area contributed by atoms with Crippen LogP contribution in [0.4, 0.5) is 0 Å². The lowest BCUT2D eigenvalue weighted by molar-refractivity contribution is -0.660. The van der Waals surface area contributed by atoms with Crippen LogP contribution in [0.2, 0.25) is 0 Å². The highest BCUT2D eigenvalue weighted by Crippen LogP contribution is 2.49. The third-order valence-electron chi connectivity index (χ3n) is 8.39. The summed E-state index contributed by atoms with van der Waals surface area (Å²) in [6, 6.07) is 11.4. The Bertz CT molecular complexity index is 2040. The van der Waals surface area contributed by atoms with E-state index in [0.29, 0.717) is 38.8 Å². The third-order valence-corrected chi connectivity index (χ3v) is 8.39. The van der Waals surface area contributed by atoms with E-state index in [1.54, 1.807) is 24.6 Å². The highest BCUT2D eigenvalue weighted by atomic mass is 16.3. The van der Waals surface area contributed by atoms with Gasteiger partial charge in [0.2, 0.25) is 5.69 Å². The Balaban J connectivity index is 1.76. The molecule has 0 saturated carbocycles.